The predicted molar refractivity (Wildman–Crippen MR) is 79.1 cm³/mol. The Balaban J connectivity index is 2.40. The van der Waals surface area contributed by atoms with Gasteiger partial charge in [-0.15, -0.1) is 0 Å². The first-order valence-corrected chi connectivity index (χ1v) is 6.53. The second-order valence-electron chi connectivity index (χ2n) is 4.61. The molecule has 110 valence electrons. The molecular formula is C14H22N4O2. The van der Waals surface area contributed by atoms with Crippen LogP contribution in [0.25, 0.3) is 0 Å². The van der Waals surface area contributed by atoms with Gasteiger partial charge in [-0.25, -0.2) is 0 Å². The van der Waals surface area contributed by atoms with Gasteiger partial charge in [-0.1, -0.05) is 12.1 Å². The normalized spacial score (nSPS) is 10.4. The van der Waals surface area contributed by atoms with E-state index in [4.69, 9.17) is 5.73 Å². The Kier molecular flexibility index (Phi) is 6.69. The molecule has 0 atom stereocenters. The lowest BCUT2D eigenvalue weighted by molar-refractivity contribution is -0.122. The summed E-state index contributed by atoms with van der Waals surface area (Å²) in [5, 5.41) is 5.36. The van der Waals surface area contributed by atoms with Crippen molar-refractivity contribution in [2.45, 2.75) is 13.0 Å². The number of carbonyl (C=O) groups is 2. The van der Waals surface area contributed by atoms with Crippen molar-refractivity contribution in [3.63, 3.8) is 0 Å². The molecule has 0 aliphatic carbocycles. The molecular weight excluding hydrogens is 256 g/mol. The molecule has 0 heterocycles. The third-order valence-corrected chi connectivity index (χ3v) is 2.86. The van der Waals surface area contributed by atoms with Crippen LogP contribution in [0, 0.1) is 0 Å². The van der Waals surface area contributed by atoms with E-state index in [1.54, 1.807) is 19.0 Å². The zero-order valence-electron chi connectivity index (χ0n) is 12.0. The zero-order valence-corrected chi connectivity index (χ0v) is 12.0. The van der Waals surface area contributed by atoms with E-state index in [2.05, 4.69) is 10.6 Å². The van der Waals surface area contributed by atoms with Gasteiger partial charge in [-0.05, 0) is 24.7 Å². The third kappa shape index (κ3) is 5.81. The summed E-state index contributed by atoms with van der Waals surface area (Å²) in [5.74, 6) is -0.147. The molecule has 0 aliphatic rings. The predicted octanol–water partition coefficient (Wildman–Crippen LogP) is 0.152. The second kappa shape index (κ2) is 8.29. The van der Waals surface area contributed by atoms with Crippen LogP contribution in [0.15, 0.2) is 24.3 Å². The number of carbonyl (C=O) groups excluding carboxylic acids is 2. The van der Waals surface area contributed by atoms with Crippen molar-refractivity contribution >= 4 is 17.5 Å². The molecule has 0 unspecified atom stereocenters. The molecule has 4 N–H and O–H groups in total. The molecule has 0 aromatic heterocycles. The van der Waals surface area contributed by atoms with E-state index in [1.165, 1.54) is 0 Å². The molecule has 0 saturated carbocycles. The quantitative estimate of drug-likeness (QED) is 0.662. The van der Waals surface area contributed by atoms with E-state index in [0.717, 1.165) is 11.3 Å². The van der Waals surface area contributed by atoms with Crippen molar-refractivity contribution in [1.29, 1.82) is 0 Å². The van der Waals surface area contributed by atoms with Crippen LogP contribution in [0.3, 0.4) is 0 Å². The maximum Gasteiger partial charge on any atom is 0.238 e. The molecule has 0 fully saturated rings. The monoisotopic (exact) mass is 278 g/mol. The van der Waals surface area contributed by atoms with Crippen LogP contribution in [0.2, 0.25) is 0 Å². The molecule has 0 spiro atoms. The van der Waals surface area contributed by atoms with Crippen LogP contribution in [0.1, 0.15) is 12.0 Å². The maximum absolute atomic E-state index is 11.9. The van der Waals surface area contributed by atoms with Gasteiger partial charge in [0.15, 0.2) is 0 Å². The minimum atomic E-state index is -0.112. The van der Waals surface area contributed by atoms with Crippen LogP contribution >= 0.6 is 0 Å². The number of nitrogens with one attached hydrogen (secondary N) is 2. The average molecular weight is 278 g/mol. The van der Waals surface area contributed by atoms with Gasteiger partial charge in [0, 0.05) is 32.2 Å². The summed E-state index contributed by atoms with van der Waals surface area (Å²) in [6.45, 7) is 1.22. The van der Waals surface area contributed by atoms with Crippen LogP contribution in [0.4, 0.5) is 5.69 Å². The fraction of sp³-hybridized carbons (Fsp3) is 0.429. The van der Waals surface area contributed by atoms with E-state index in [-0.39, 0.29) is 18.4 Å². The van der Waals surface area contributed by atoms with Crippen LogP contribution in [0.5, 0.6) is 0 Å². The van der Waals surface area contributed by atoms with Crippen molar-refractivity contribution in [1.82, 2.24) is 10.2 Å². The summed E-state index contributed by atoms with van der Waals surface area (Å²) >= 11 is 0. The fourth-order valence-electron chi connectivity index (χ4n) is 1.72. The Morgan fingerprint density at radius 2 is 2.05 bits per heavy atom. The average Bonchev–Trinajstić information content (AvgIpc) is 2.44. The topological polar surface area (TPSA) is 87.5 Å². The molecule has 6 nitrogen and oxygen atoms in total. The standard InChI is InChI=1S/C14H22N4O2/c1-16-13(19)6-7-18(2)10-14(20)17-12-5-3-4-11(8-12)9-15/h3-5,8H,6-7,9-10,15H2,1-2H3,(H,16,19)(H,17,20). The summed E-state index contributed by atoms with van der Waals surface area (Å²) in [7, 11) is 3.40. The lowest BCUT2D eigenvalue weighted by atomic mass is 10.2. The number of benzene rings is 1. The van der Waals surface area contributed by atoms with Gasteiger partial charge < -0.3 is 16.4 Å². The molecule has 1 rings (SSSR count). The molecule has 1 aromatic rings. The number of hydrogen-bond donors (Lipinski definition) is 3. The van der Waals surface area contributed by atoms with Crippen LogP contribution in [-0.2, 0) is 16.1 Å². The molecule has 0 radical (unpaired) electrons. The Morgan fingerprint density at radius 3 is 2.70 bits per heavy atom. The molecule has 2 amide bonds. The summed E-state index contributed by atoms with van der Waals surface area (Å²) in [6, 6.07) is 7.43. The highest BCUT2D eigenvalue weighted by Crippen LogP contribution is 2.09. The lowest BCUT2D eigenvalue weighted by Gasteiger charge is -2.15. The van der Waals surface area contributed by atoms with Crippen molar-refractivity contribution in [2.24, 2.45) is 5.73 Å². The SMILES string of the molecule is CNC(=O)CCN(C)CC(=O)Nc1cccc(CN)c1. The number of likely N-dealkylation sites (N-methyl/N-ethyl adjacent to an activating group) is 1. The summed E-state index contributed by atoms with van der Waals surface area (Å²) in [5.41, 5.74) is 7.25. The number of hydrogen-bond acceptors (Lipinski definition) is 4. The number of anilines is 1. The minimum absolute atomic E-state index is 0.0343. The van der Waals surface area contributed by atoms with Gasteiger partial charge >= 0.3 is 0 Å². The molecule has 0 aliphatic heterocycles. The Morgan fingerprint density at radius 1 is 1.30 bits per heavy atom. The van der Waals surface area contributed by atoms with Gasteiger partial charge in [-0.3, -0.25) is 14.5 Å². The Bertz CT molecular complexity index is 462. The highest BCUT2D eigenvalue weighted by atomic mass is 16.2. The van der Waals surface area contributed by atoms with Gasteiger partial charge in [0.1, 0.15) is 0 Å². The third-order valence-electron chi connectivity index (χ3n) is 2.86. The summed E-state index contributed by atoms with van der Waals surface area (Å²) in [4.78, 5) is 24.8. The number of nitrogens with zero attached hydrogens (tertiary/aromatic N) is 1. The number of amides is 2. The van der Waals surface area contributed by atoms with Gasteiger partial charge in [0.05, 0.1) is 6.54 Å². The molecule has 0 bridgehead atoms. The minimum Gasteiger partial charge on any atom is -0.359 e. The van der Waals surface area contributed by atoms with E-state index in [1.807, 2.05) is 24.3 Å². The van der Waals surface area contributed by atoms with Gasteiger partial charge in [0.25, 0.3) is 0 Å². The van der Waals surface area contributed by atoms with Crippen molar-refractivity contribution in [3.05, 3.63) is 29.8 Å². The summed E-state index contributed by atoms with van der Waals surface area (Å²) < 4.78 is 0. The zero-order chi connectivity index (χ0) is 15.0. The van der Waals surface area contributed by atoms with E-state index in [0.29, 0.717) is 19.5 Å². The molecule has 1 aromatic carbocycles. The number of nitrogens with two attached hydrogens (primary N) is 1. The number of rotatable bonds is 7. The smallest absolute Gasteiger partial charge is 0.238 e. The first-order chi connectivity index (χ1) is 9.55. The van der Waals surface area contributed by atoms with Crippen molar-refractivity contribution < 1.29 is 9.59 Å². The lowest BCUT2D eigenvalue weighted by Crippen LogP contribution is -2.33. The van der Waals surface area contributed by atoms with E-state index >= 15 is 0 Å². The highest BCUT2D eigenvalue weighted by Gasteiger charge is 2.08. The highest BCUT2D eigenvalue weighted by molar-refractivity contribution is 5.92. The molecule has 6 heteroatoms. The van der Waals surface area contributed by atoms with Gasteiger partial charge in [0.2, 0.25) is 11.8 Å². The Labute approximate surface area is 119 Å². The van der Waals surface area contributed by atoms with Crippen LogP contribution < -0.4 is 16.4 Å². The van der Waals surface area contributed by atoms with Crippen molar-refractivity contribution in [3.8, 4) is 0 Å². The fourth-order valence-corrected chi connectivity index (χ4v) is 1.72. The largest absolute Gasteiger partial charge is 0.359 e. The molecule has 20 heavy (non-hydrogen) atoms. The summed E-state index contributed by atoms with van der Waals surface area (Å²) in [6.07, 6.45) is 0.378. The first kappa shape index (κ1) is 16.1. The van der Waals surface area contributed by atoms with Crippen LogP contribution in [-0.4, -0.2) is 43.9 Å². The van der Waals surface area contributed by atoms with Crippen molar-refractivity contribution in [2.75, 3.05) is 32.5 Å². The van der Waals surface area contributed by atoms with E-state index in [9.17, 15) is 9.59 Å². The van der Waals surface area contributed by atoms with Gasteiger partial charge in [-0.2, -0.15) is 0 Å². The van der Waals surface area contributed by atoms with E-state index < -0.39 is 0 Å². The molecule has 0 saturated heterocycles. The Hall–Kier alpha value is -1.92. The second-order valence-corrected chi connectivity index (χ2v) is 4.61. The first-order valence-electron chi connectivity index (χ1n) is 6.53. The maximum atomic E-state index is 11.9.